The number of nitrogens with zero attached hydrogens (tertiary/aromatic N) is 1. The highest BCUT2D eigenvalue weighted by Crippen LogP contribution is 2.38. The average Bonchev–Trinajstić information content (AvgIpc) is 3.28. The van der Waals surface area contributed by atoms with Crippen LogP contribution in [-0.2, 0) is 27.9 Å². The number of phosphoric acid groups is 1. The SMILES string of the molecule is CCCCC/C=C\C/C=C\C/C=C\CCCCCCC(=O)NC(COP(=O)([O-])OCC[N+](C)(C)C)C(/C=C/CCCCCCCCCCCCC)OC(=O)CCCCCCCCCCCCC. The van der Waals surface area contributed by atoms with Gasteiger partial charge in [-0.15, -0.1) is 0 Å². The van der Waals surface area contributed by atoms with Crippen molar-refractivity contribution >= 4 is 19.7 Å². The second-order valence-electron chi connectivity index (χ2n) is 20.1. The maximum absolute atomic E-state index is 13.5. The monoisotopic (exact) mass is 963 g/mol. The third kappa shape index (κ3) is 48.8. The molecule has 0 bridgehead atoms. The molecule has 0 spiro atoms. The van der Waals surface area contributed by atoms with E-state index in [1.165, 1.54) is 135 Å². The van der Waals surface area contributed by atoms with Gasteiger partial charge in [0.05, 0.1) is 33.8 Å². The molecule has 0 saturated heterocycles. The first kappa shape index (κ1) is 65.0. The Kier molecular flexibility index (Phi) is 46.2. The molecule has 67 heavy (non-hydrogen) atoms. The van der Waals surface area contributed by atoms with Gasteiger partial charge in [0.15, 0.2) is 0 Å². The zero-order chi connectivity index (χ0) is 49.4. The lowest BCUT2D eigenvalue weighted by Gasteiger charge is -2.30. The van der Waals surface area contributed by atoms with E-state index in [2.05, 4.69) is 62.5 Å². The number of hydrogen-bond acceptors (Lipinski definition) is 7. The molecule has 10 heteroatoms. The predicted molar refractivity (Wildman–Crippen MR) is 284 cm³/mol. The highest BCUT2D eigenvalue weighted by molar-refractivity contribution is 7.45. The van der Waals surface area contributed by atoms with Gasteiger partial charge in [-0.05, 0) is 70.3 Å². The lowest BCUT2D eigenvalue weighted by molar-refractivity contribution is -0.870. The number of hydrogen-bond donors (Lipinski definition) is 1. The summed E-state index contributed by atoms with van der Waals surface area (Å²) in [5, 5.41) is 3.01. The van der Waals surface area contributed by atoms with E-state index in [0.29, 0.717) is 23.9 Å². The zero-order valence-electron chi connectivity index (χ0n) is 44.6. The number of rotatable bonds is 50. The fraction of sp³-hybridized carbons (Fsp3) is 0.825. The summed E-state index contributed by atoms with van der Waals surface area (Å²) < 4.78 is 30.2. The molecular weight excluding hydrogens is 856 g/mol. The molecule has 0 heterocycles. The lowest BCUT2D eigenvalue weighted by atomic mass is 10.0. The Labute approximate surface area is 414 Å². The number of amides is 1. The van der Waals surface area contributed by atoms with Gasteiger partial charge in [-0.25, -0.2) is 0 Å². The van der Waals surface area contributed by atoms with Crippen molar-refractivity contribution < 1.29 is 37.3 Å². The Bertz CT molecular complexity index is 1290. The number of likely N-dealkylation sites (N-methyl/N-ethyl adjacent to an activating group) is 1. The fourth-order valence-corrected chi connectivity index (χ4v) is 8.60. The van der Waals surface area contributed by atoms with Gasteiger partial charge in [-0.1, -0.05) is 217 Å². The number of unbranched alkanes of at least 4 members (excludes halogenated alkanes) is 28. The Morgan fingerprint density at radius 2 is 0.910 bits per heavy atom. The van der Waals surface area contributed by atoms with E-state index in [1.54, 1.807) is 0 Å². The van der Waals surface area contributed by atoms with Crippen LogP contribution in [0.15, 0.2) is 48.6 Å². The Morgan fingerprint density at radius 3 is 1.39 bits per heavy atom. The van der Waals surface area contributed by atoms with Gasteiger partial charge in [-0.3, -0.25) is 14.2 Å². The number of quaternary nitrogens is 1. The minimum atomic E-state index is -4.69. The number of nitrogens with one attached hydrogen (secondary N) is 1. The smallest absolute Gasteiger partial charge is 0.306 e. The molecule has 0 radical (unpaired) electrons. The van der Waals surface area contributed by atoms with Crippen molar-refractivity contribution in [2.24, 2.45) is 0 Å². The molecule has 0 aliphatic carbocycles. The van der Waals surface area contributed by atoms with Gasteiger partial charge in [-0.2, -0.15) is 0 Å². The summed E-state index contributed by atoms with van der Waals surface area (Å²) in [6.45, 7) is 6.79. The van der Waals surface area contributed by atoms with Crippen LogP contribution in [0.2, 0.25) is 0 Å². The maximum Gasteiger partial charge on any atom is 0.306 e. The first-order valence-corrected chi connectivity index (χ1v) is 29.4. The molecule has 0 aliphatic rings. The lowest BCUT2D eigenvalue weighted by Crippen LogP contribution is -2.47. The minimum Gasteiger partial charge on any atom is -0.756 e. The molecule has 9 nitrogen and oxygen atoms in total. The molecule has 0 aromatic rings. The standard InChI is InChI=1S/C57H107N2O7P/c1-7-10-13-16-19-22-25-27-28-29-30-32-35-37-40-43-46-49-56(60)58-54(53-65-67(62,63)64-52-51-59(4,5)6)55(48-45-42-39-36-34-31-26-23-20-17-14-11-8-2)66-57(61)50-47-44-41-38-33-24-21-18-15-12-9-3/h19,22,27-28,30,32,45,48,54-55H,7-18,20-21,23-26,29,31,33-44,46-47,49-53H2,1-6H3,(H-,58,60,62,63)/b22-19-,28-27-,32-30-,48-45+. The largest absolute Gasteiger partial charge is 0.756 e. The first-order valence-electron chi connectivity index (χ1n) is 27.9. The second-order valence-corrected chi connectivity index (χ2v) is 21.5. The van der Waals surface area contributed by atoms with Gasteiger partial charge >= 0.3 is 5.97 Å². The van der Waals surface area contributed by atoms with E-state index in [9.17, 15) is 19.0 Å². The van der Waals surface area contributed by atoms with Crippen LogP contribution >= 0.6 is 7.82 Å². The van der Waals surface area contributed by atoms with E-state index in [-0.39, 0.29) is 24.9 Å². The number of ether oxygens (including phenoxy) is 1. The summed E-state index contributed by atoms with van der Waals surface area (Å²) in [5.41, 5.74) is 0. The van der Waals surface area contributed by atoms with E-state index in [0.717, 1.165) is 77.0 Å². The summed E-state index contributed by atoms with van der Waals surface area (Å²) in [5.74, 6) is -0.563. The summed E-state index contributed by atoms with van der Waals surface area (Å²) in [4.78, 5) is 39.7. The van der Waals surface area contributed by atoms with E-state index in [1.807, 2.05) is 33.3 Å². The number of carbonyl (C=O) groups excluding carboxylic acids is 2. The molecule has 0 aliphatic heterocycles. The molecule has 0 fully saturated rings. The maximum atomic E-state index is 13.5. The summed E-state index contributed by atoms with van der Waals surface area (Å²) in [6.07, 6.45) is 56.4. The van der Waals surface area contributed by atoms with Crippen LogP contribution in [0.5, 0.6) is 0 Å². The summed E-state index contributed by atoms with van der Waals surface area (Å²) >= 11 is 0. The molecule has 1 N–H and O–H groups in total. The van der Waals surface area contributed by atoms with Crippen LogP contribution in [0, 0.1) is 0 Å². The van der Waals surface area contributed by atoms with Crippen LogP contribution in [0.3, 0.4) is 0 Å². The third-order valence-electron chi connectivity index (χ3n) is 12.3. The summed E-state index contributed by atoms with van der Waals surface area (Å²) in [6, 6.07) is -0.896. The molecule has 0 aromatic heterocycles. The number of phosphoric ester groups is 1. The Morgan fingerprint density at radius 1 is 0.522 bits per heavy atom. The van der Waals surface area contributed by atoms with E-state index in [4.69, 9.17) is 13.8 Å². The molecule has 0 saturated carbocycles. The van der Waals surface area contributed by atoms with Crippen LogP contribution < -0.4 is 10.2 Å². The third-order valence-corrected chi connectivity index (χ3v) is 13.2. The van der Waals surface area contributed by atoms with Crippen molar-refractivity contribution in [1.82, 2.24) is 5.32 Å². The first-order chi connectivity index (χ1) is 32.4. The molecule has 0 rings (SSSR count). The Hall–Kier alpha value is -2.03. The molecule has 392 valence electrons. The van der Waals surface area contributed by atoms with Crippen LogP contribution in [-0.4, -0.2) is 69.4 Å². The van der Waals surface area contributed by atoms with Gasteiger partial charge in [0.25, 0.3) is 7.82 Å². The van der Waals surface area contributed by atoms with Crippen LogP contribution in [0.4, 0.5) is 0 Å². The van der Waals surface area contributed by atoms with Crippen molar-refractivity contribution in [1.29, 1.82) is 0 Å². The number of esters is 1. The normalized spacial score (nSPS) is 14.2. The van der Waals surface area contributed by atoms with Gasteiger partial charge in [0.1, 0.15) is 19.3 Å². The van der Waals surface area contributed by atoms with Crippen LogP contribution in [0.1, 0.15) is 252 Å². The zero-order valence-corrected chi connectivity index (χ0v) is 45.5. The van der Waals surface area contributed by atoms with E-state index >= 15 is 0 Å². The number of carbonyl (C=O) groups is 2. The molecule has 3 unspecified atom stereocenters. The molecule has 0 aromatic carbocycles. The highest BCUT2D eigenvalue weighted by Gasteiger charge is 2.27. The average molecular weight is 963 g/mol. The highest BCUT2D eigenvalue weighted by atomic mass is 31.2. The van der Waals surface area contributed by atoms with Crippen molar-refractivity contribution in [3.8, 4) is 0 Å². The Balaban J connectivity index is 5.41. The van der Waals surface area contributed by atoms with Crippen LogP contribution in [0.25, 0.3) is 0 Å². The predicted octanol–water partition coefficient (Wildman–Crippen LogP) is 15.9. The second kappa shape index (κ2) is 47.6. The molecule has 1 amide bonds. The quantitative estimate of drug-likeness (QED) is 0.0212. The van der Waals surface area contributed by atoms with Gasteiger partial charge < -0.3 is 28.5 Å². The topological polar surface area (TPSA) is 114 Å². The minimum absolute atomic E-state index is 0.0263. The van der Waals surface area contributed by atoms with Gasteiger partial charge in [0, 0.05) is 12.8 Å². The molecule has 3 atom stereocenters. The van der Waals surface area contributed by atoms with Gasteiger partial charge in [0.2, 0.25) is 5.91 Å². The van der Waals surface area contributed by atoms with Crippen molar-refractivity contribution in [2.45, 2.75) is 264 Å². The number of allylic oxidation sites excluding steroid dienone is 7. The fourth-order valence-electron chi connectivity index (χ4n) is 7.88. The van der Waals surface area contributed by atoms with Crippen molar-refractivity contribution in [3.05, 3.63) is 48.6 Å². The van der Waals surface area contributed by atoms with Crippen molar-refractivity contribution in [3.63, 3.8) is 0 Å². The van der Waals surface area contributed by atoms with Crippen molar-refractivity contribution in [2.75, 3.05) is 40.9 Å². The summed E-state index contributed by atoms with van der Waals surface area (Å²) in [7, 11) is 1.17. The molecular formula is C57H107N2O7P. The van der Waals surface area contributed by atoms with E-state index < -0.39 is 26.6 Å².